The lowest BCUT2D eigenvalue weighted by molar-refractivity contribution is -0.167. The summed E-state index contributed by atoms with van der Waals surface area (Å²) in [6.07, 6.45) is 9.22. The van der Waals surface area contributed by atoms with Crippen LogP contribution in [0.2, 0.25) is 0 Å². The minimum Gasteiger partial charge on any atom is -0.393 e. The number of fused-ring (bicyclic) bond motifs is 5. The molecule has 0 radical (unpaired) electrons. The van der Waals surface area contributed by atoms with E-state index in [0.717, 1.165) is 37.0 Å². The Morgan fingerprint density at radius 2 is 1.52 bits per heavy atom. The van der Waals surface area contributed by atoms with Crippen molar-refractivity contribution < 1.29 is 10.2 Å². The SMILES string of the molecule is C[C@H]1C[C@@H]2[C@H](CC[C@@]3(C)[C@H]2CC[C@]3(C)O)[C@@]2(C)CC[C@H](O)C[C@H]12. The smallest absolute Gasteiger partial charge is 0.0675 e. The summed E-state index contributed by atoms with van der Waals surface area (Å²) in [5.74, 6) is 3.77. The summed E-state index contributed by atoms with van der Waals surface area (Å²) in [5, 5.41) is 21.2. The highest BCUT2D eigenvalue weighted by Crippen LogP contribution is 2.68. The second-order valence-corrected chi connectivity index (χ2v) is 10.4. The first-order valence-electron chi connectivity index (χ1n) is 10.1. The maximum absolute atomic E-state index is 11.0. The fourth-order valence-electron chi connectivity index (χ4n) is 7.96. The molecule has 0 aliphatic heterocycles. The van der Waals surface area contributed by atoms with Crippen LogP contribution in [-0.4, -0.2) is 21.9 Å². The van der Waals surface area contributed by atoms with Gasteiger partial charge in [-0.05, 0) is 98.7 Å². The van der Waals surface area contributed by atoms with Crippen LogP contribution in [0.25, 0.3) is 0 Å². The molecule has 23 heavy (non-hydrogen) atoms. The van der Waals surface area contributed by atoms with Crippen LogP contribution < -0.4 is 0 Å². The van der Waals surface area contributed by atoms with E-state index in [1.165, 1.54) is 32.1 Å². The second-order valence-electron chi connectivity index (χ2n) is 10.4. The summed E-state index contributed by atoms with van der Waals surface area (Å²) < 4.78 is 0. The maximum Gasteiger partial charge on any atom is 0.0675 e. The van der Waals surface area contributed by atoms with Crippen molar-refractivity contribution >= 4 is 0 Å². The first-order valence-corrected chi connectivity index (χ1v) is 10.1. The van der Waals surface area contributed by atoms with Gasteiger partial charge in [-0.25, -0.2) is 0 Å². The van der Waals surface area contributed by atoms with Crippen molar-refractivity contribution in [2.75, 3.05) is 0 Å². The molecule has 4 aliphatic rings. The largest absolute Gasteiger partial charge is 0.393 e. The van der Waals surface area contributed by atoms with Crippen molar-refractivity contribution in [3.05, 3.63) is 0 Å². The summed E-state index contributed by atoms with van der Waals surface area (Å²) in [4.78, 5) is 0. The van der Waals surface area contributed by atoms with Crippen LogP contribution in [0.1, 0.15) is 79.1 Å². The first kappa shape index (κ1) is 16.4. The summed E-state index contributed by atoms with van der Waals surface area (Å²) in [7, 11) is 0. The van der Waals surface area contributed by atoms with E-state index in [2.05, 4.69) is 27.7 Å². The Labute approximate surface area is 142 Å². The standard InChI is InChI=1S/C21H36O2/c1-13-11-15-16(19(2)8-5-14(22)12-18(13)19)6-9-20(3)17(15)7-10-21(20,4)23/h13-18,22-23H,5-12H2,1-4H3/t13-,14-,15+,16-,17-,18+,19+,20-,21-/m0/s1. The molecule has 0 aromatic rings. The van der Waals surface area contributed by atoms with Gasteiger partial charge < -0.3 is 10.2 Å². The van der Waals surface area contributed by atoms with Crippen molar-refractivity contribution in [2.45, 2.75) is 90.8 Å². The highest BCUT2D eigenvalue weighted by molar-refractivity contribution is 5.13. The van der Waals surface area contributed by atoms with Gasteiger partial charge in [-0.1, -0.05) is 20.8 Å². The summed E-state index contributed by atoms with van der Waals surface area (Å²) in [5.41, 5.74) is 0.0923. The van der Waals surface area contributed by atoms with Gasteiger partial charge >= 0.3 is 0 Å². The van der Waals surface area contributed by atoms with Crippen LogP contribution >= 0.6 is 0 Å². The minimum atomic E-state index is -0.466. The number of hydrogen-bond donors (Lipinski definition) is 2. The quantitative estimate of drug-likeness (QED) is 0.695. The Bertz CT molecular complexity index is 486. The lowest BCUT2D eigenvalue weighted by Gasteiger charge is -2.63. The molecule has 4 aliphatic carbocycles. The molecule has 4 rings (SSSR count). The molecule has 0 spiro atoms. The van der Waals surface area contributed by atoms with Gasteiger partial charge in [0.25, 0.3) is 0 Å². The molecule has 0 amide bonds. The predicted molar refractivity (Wildman–Crippen MR) is 92.9 cm³/mol. The fraction of sp³-hybridized carbons (Fsp3) is 1.00. The number of rotatable bonds is 0. The van der Waals surface area contributed by atoms with Gasteiger partial charge in [-0.3, -0.25) is 0 Å². The molecule has 2 nitrogen and oxygen atoms in total. The molecular formula is C21H36O2. The van der Waals surface area contributed by atoms with Gasteiger partial charge in [0.05, 0.1) is 11.7 Å². The van der Waals surface area contributed by atoms with Crippen LogP contribution in [0.3, 0.4) is 0 Å². The number of aliphatic hydroxyl groups is 2. The molecule has 0 unspecified atom stereocenters. The van der Waals surface area contributed by atoms with E-state index in [1.807, 2.05) is 0 Å². The maximum atomic E-state index is 11.0. The van der Waals surface area contributed by atoms with E-state index in [4.69, 9.17) is 0 Å². The molecule has 2 N–H and O–H groups in total. The zero-order valence-electron chi connectivity index (χ0n) is 15.5. The van der Waals surface area contributed by atoms with Crippen LogP contribution in [0.15, 0.2) is 0 Å². The van der Waals surface area contributed by atoms with E-state index < -0.39 is 5.60 Å². The van der Waals surface area contributed by atoms with E-state index in [9.17, 15) is 10.2 Å². The van der Waals surface area contributed by atoms with Crippen LogP contribution in [0.4, 0.5) is 0 Å². The molecule has 4 fully saturated rings. The lowest BCUT2D eigenvalue weighted by atomic mass is 9.42. The lowest BCUT2D eigenvalue weighted by Crippen LogP contribution is -2.58. The molecule has 4 saturated carbocycles. The Hall–Kier alpha value is -0.0800. The van der Waals surface area contributed by atoms with Crippen molar-refractivity contribution in [1.82, 2.24) is 0 Å². The van der Waals surface area contributed by atoms with Gasteiger partial charge in [0.1, 0.15) is 0 Å². The van der Waals surface area contributed by atoms with Crippen LogP contribution in [0.5, 0.6) is 0 Å². The van der Waals surface area contributed by atoms with Gasteiger partial charge in [0, 0.05) is 0 Å². The molecular weight excluding hydrogens is 284 g/mol. The Morgan fingerprint density at radius 1 is 0.826 bits per heavy atom. The first-order chi connectivity index (χ1) is 10.7. The normalized spacial score (nSPS) is 62.3. The van der Waals surface area contributed by atoms with E-state index in [1.54, 1.807) is 0 Å². The van der Waals surface area contributed by atoms with E-state index in [0.29, 0.717) is 17.3 Å². The molecule has 0 heterocycles. The van der Waals surface area contributed by atoms with Crippen molar-refractivity contribution in [1.29, 1.82) is 0 Å². The highest BCUT2D eigenvalue weighted by atomic mass is 16.3. The highest BCUT2D eigenvalue weighted by Gasteiger charge is 2.64. The topological polar surface area (TPSA) is 40.5 Å². The Morgan fingerprint density at radius 3 is 2.26 bits per heavy atom. The molecule has 0 aromatic carbocycles. The van der Waals surface area contributed by atoms with Crippen molar-refractivity contribution in [3.8, 4) is 0 Å². The molecule has 2 heteroatoms. The van der Waals surface area contributed by atoms with Gasteiger partial charge in [0.15, 0.2) is 0 Å². The zero-order chi connectivity index (χ0) is 16.6. The van der Waals surface area contributed by atoms with Gasteiger partial charge in [-0.2, -0.15) is 0 Å². The van der Waals surface area contributed by atoms with E-state index in [-0.39, 0.29) is 11.5 Å². The molecule has 0 aromatic heterocycles. The summed E-state index contributed by atoms with van der Waals surface area (Å²) >= 11 is 0. The molecule has 132 valence electrons. The van der Waals surface area contributed by atoms with Crippen LogP contribution in [-0.2, 0) is 0 Å². The average Bonchev–Trinajstić information content (AvgIpc) is 2.72. The molecule has 0 bridgehead atoms. The van der Waals surface area contributed by atoms with Crippen LogP contribution in [0, 0.1) is 40.4 Å². The van der Waals surface area contributed by atoms with Crippen molar-refractivity contribution in [2.24, 2.45) is 40.4 Å². The third-order valence-electron chi connectivity index (χ3n) is 9.57. The predicted octanol–water partition coefficient (Wildman–Crippen LogP) is 4.39. The molecule has 0 saturated heterocycles. The number of aliphatic hydroxyl groups excluding tert-OH is 1. The van der Waals surface area contributed by atoms with Gasteiger partial charge in [-0.15, -0.1) is 0 Å². The summed E-state index contributed by atoms with van der Waals surface area (Å²) in [6, 6.07) is 0. The number of hydrogen-bond acceptors (Lipinski definition) is 2. The molecule has 9 atom stereocenters. The van der Waals surface area contributed by atoms with E-state index >= 15 is 0 Å². The fourth-order valence-corrected chi connectivity index (χ4v) is 7.96. The monoisotopic (exact) mass is 320 g/mol. The third kappa shape index (κ3) is 2.06. The minimum absolute atomic E-state index is 0.0619. The van der Waals surface area contributed by atoms with Gasteiger partial charge in [0.2, 0.25) is 0 Å². The second kappa shape index (κ2) is 4.97. The Kier molecular flexibility index (Phi) is 3.54. The van der Waals surface area contributed by atoms with Crippen molar-refractivity contribution in [3.63, 3.8) is 0 Å². The summed E-state index contributed by atoms with van der Waals surface area (Å²) in [6.45, 7) is 9.47. The third-order valence-corrected chi connectivity index (χ3v) is 9.57. The zero-order valence-corrected chi connectivity index (χ0v) is 15.5. The average molecular weight is 321 g/mol. The Balaban J connectivity index is 1.68.